The number of rotatable bonds is 12. The van der Waals surface area contributed by atoms with E-state index >= 15 is 0 Å². The molecule has 0 aliphatic rings. The zero-order chi connectivity index (χ0) is 33.0. The minimum Gasteiger partial charge on any atom is -0.497 e. The number of carbonyl (C=O) groups is 3. The standard InChI is InChI=1S/C37H32N4O5S/c1-45-29-19-16-27(32(24-29)46-2)23-31(40-35(42)26-13-7-4-8-14-26)36(43)39-28-17-20-30(21-18-28)47-34(25-11-5-3-6-12-25)37(44)41-33-15-9-10-22-38-33/h3-24,34H,1-2H3,(H,39,43)(H,40,42)(H,38,41,44)/b31-23-. The maximum atomic E-state index is 13.6. The summed E-state index contributed by atoms with van der Waals surface area (Å²) in [6, 6.07) is 35.7. The molecule has 47 heavy (non-hydrogen) atoms. The van der Waals surface area contributed by atoms with Gasteiger partial charge in [-0.05, 0) is 72.3 Å². The summed E-state index contributed by atoms with van der Waals surface area (Å²) in [6.07, 6.45) is 3.16. The van der Waals surface area contributed by atoms with E-state index in [-0.39, 0.29) is 11.6 Å². The van der Waals surface area contributed by atoms with Crippen molar-refractivity contribution >= 4 is 47.1 Å². The molecule has 1 aromatic heterocycles. The molecule has 0 spiro atoms. The van der Waals surface area contributed by atoms with E-state index in [4.69, 9.17) is 9.47 Å². The number of nitrogens with one attached hydrogen (secondary N) is 3. The molecule has 236 valence electrons. The molecule has 5 rings (SSSR count). The van der Waals surface area contributed by atoms with Gasteiger partial charge in [-0.1, -0.05) is 54.6 Å². The molecule has 9 nitrogen and oxygen atoms in total. The Hall–Kier alpha value is -5.87. The van der Waals surface area contributed by atoms with Gasteiger partial charge < -0.3 is 25.4 Å². The van der Waals surface area contributed by atoms with Gasteiger partial charge in [0.05, 0.1) is 14.2 Å². The predicted molar refractivity (Wildman–Crippen MR) is 184 cm³/mol. The molecule has 3 amide bonds. The van der Waals surface area contributed by atoms with Crippen molar-refractivity contribution in [1.29, 1.82) is 0 Å². The monoisotopic (exact) mass is 644 g/mol. The molecule has 1 atom stereocenters. The number of benzene rings is 4. The second-order valence-electron chi connectivity index (χ2n) is 10.1. The second-order valence-corrected chi connectivity index (χ2v) is 11.3. The molecule has 0 aliphatic heterocycles. The van der Waals surface area contributed by atoms with Crippen LogP contribution in [-0.4, -0.2) is 36.9 Å². The molecular weight excluding hydrogens is 612 g/mol. The third-order valence-electron chi connectivity index (χ3n) is 6.89. The van der Waals surface area contributed by atoms with E-state index in [1.807, 2.05) is 48.5 Å². The average Bonchev–Trinajstić information content (AvgIpc) is 3.12. The first-order valence-corrected chi connectivity index (χ1v) is 15.5. The summed E-state index contributed by atoms with van der Waals surface area (Å²) >= 11 is 1.37. The first-order chi connectivity index (χ1) is 22.9. The number of anilines is 2. The highest BCUT2D eigenvalue weighted by atomic mass is 32.2. The van der Waals surface area contributed by atoms with Crippen molar-refractivity contribution in [2.75, 3.05) is 24.9 Å². The third kappa shape index (κ3) is 8.86. The van der Waals surface area contributed by atoms with Gasteiger partial charge in [-0.15, -0.1) is 11.8 Å². The number of hydrogen-bond donors (Lipinski definition) is 3. The Morgan fingerprint density at radius 1 is 0.766 bits per heavy atom. The van der Waals surface area contributed by atoms with Crippen molar-refractivity contribution < 1.29 is 23.9 Å². The summed E-state index contributed by atoms with van der Waals surface area (Å²) in [5, 5.41) is 7.94. The normalized spacial score (nSPS) is 11.6. The SMILES string of the molecule is COc1ccc(/C=C(\NC(=O)c2ccccc2)C(=O)Nc2ccc(SC(C(=O)Nc3ccccn3)c3ccccc3)cc2)c(OC)c1. The molecule has 0 saturated heterocycles. The van der Waals surface area contributed by atoms with Gasteiger partial charge >= 0.3 is 0 Å². The predicted octanol–water partition coefficient (Wildman–Crippen LogP) is 6.98. The molecule has 5 aromatic rings. The number of aromatic nitrogens is 1. The number of pyridine rings is 1. The Kier molecular flexibility index (Phi) is 11.0. The maximum absolute atomic E-state index is 13.6. The molecule has 0 fully saturated rings. The molecule has 1 unspecified atom stereocenters. The van der Waals surface area contributed by atoms with Gasteiger partial charge in [0.15, 0.2) is 0 Å². The van der Waals surface area contributed by atoms with Crippen LogP contribution in [-0.2, 0) is 9.59 Å². The van der Waals surface area contributed by atoms with E-state index in [0.717, 1.165) is 10.5 Å². The molecule has 0 radical (unpaired) electrons. The summed E-state index contributed by atoms with van der Waals surface area (Å²) in [5.74, 6) is 0.319. The van der Waals surface area contributed by atoms with Crippen molar-refractivity contribution in [2.24, 2.45) is 0 Å². The molecule has 0 bridgehead atoms. The van der Waals surface area contributed by atoms with Crippen LogP contribution >= 0.6 is 11.8 Å². The topological polar surface area (TPSA) is 119 Å². The van der Waals surface area contributed by atoms with E-state index in [0.29, 0.717) is 34.1 Å². The lowest BCUT2D eigenvalue weighted by Crippen LogP contribution is -2.30. The molecule has 0 saturated carbocycles. The number of ether oxygens (including phenoxy) is 2. The van der Waals surface area contributed by atoms with Gasteiger partial charge in [-0.25, -0.2) is 4.98 Å². The van der Waals surface area contributed by atoms with Crippen LogP contribution in [0.4, 0.5) is 11.5 Å². The van der Waals surface area contributed by atoms with Crippen LogP contribution < -0.4 is 25.4 Å². The average molecular weight is 645 g/mol. The van der Waals surface area contributed by atoms with Gasteiger partial charge in [0.25, 0.3) is 11.8 Å². The van der Waals surface area contributed by atoms with Gasteiger partial charge in [-0.2, -0.15) is 0 Å². The van der Waals surface area contributed by atoms with E-state index in [1.165, 1.54) is 18.9 Å². The fourth-order valence-electron chi connectivity index (χ4n) is 4.52. The Labute approximate surface area is 277 Å². The van der Waals surface area contributed by atoms with Gasteiger partial charge in [0.2, 0.25) is 5.91 Å². The highest BCUT2D eigenvalue weighted by Gasteiger charge is 2.23. The molecule has 3 N–H and O–H groups in total. The van der Waals surface area contributed by atoms with Crippen LogP contribution in [0.3, 0.4) is 0 Å². The van der Waals surface area contributed by atoms with Gasteiger partial charge in [0, 0.05) is 34.0 Å². The van der Waals surface area contributed by atoms with Crippen molar-refractivity contribution in [3.05, 3.63) is 150 Å². The van der Waals surface area contributed by atoms with Gasteiger partial charge in [-0.3, -0.25) is 14.4 Å². The van der Waals surface area contributed by atoms with Crippen LogP contribution in [0.5, 0.6) is 11.5 Å². The first kappa shape index (κ1) is 32.5. The van der Waals surface area contributed by atoms with E-state index < -0.39 is 17.1 Å². The van der Waals surface area contributed by atoms with Crippen molar-refractivity contribution in [3.8, 4) is 11.5 Å². The number of nitrogens with zero attached hydrogens (tertiary/aromatic N) is 1. The number of carbonyl (C=O) groups excluding carboxylic acids is 3. The summed E-state index contributed by atoms with van der Waals surface area (Å²) in [5.41, 5.74) is 2.30. The number of hydrogen-bond acceptors (Lipinski definition) is 7. The Morgan fingerprint density at radius 2 is 1.47 bits per heavy atom. The molecule has 1 heterocycles. The molecular formula is C37H32N4O5S. The maximum Gasteiger partial charge on any atom is 0.272 e. The minimum absolute atomic E-state index is 0.0103. The Morgan fingerprint density at radius 3 is 2.13 bits per heavy atom. The van der Waals surface area contributed by atoms with Crippen molar-refractivity contribution in [1.82, 2.24) is 10.3 Å². The zero-order valence-electron chi connectivity index (χ0n) is 25.7. The highest BCUT2D eigenvalue weighted by Crippen LogP contribution is 2.36. The second kappa shape index (κ2) is 15.9. The molecule has 0 aliphatic carbocycles. The first-order valence-electron chi connectivity index (χ1n) is 14.6. The van der Waals surface area contributed by atoms with Crippen LogP contribution in [0.1, 0.15) is 26.7 Å². The number of amides is 3. The summed E-state index contributed by atoms with van der Waals surface area (Å²) < 4.78 is 10.8. The third-order valence-corrected chi connectivity index (χ3v) is 8.16. The number of methoxy groups -OCH3 is 2. The van der Waals surface area contributed by atoms with Crippen molar-refractivity contribution in [2.45, 2.75) is 10.1 Å². The lowest BCUT2D eigenvalue weighted by Gasteiger charge is -2.17. The smallest absolute Gasteiger partial charge is 0.272 e. The van der Waals surface area contributed by atoms with Crippen molar-refractivity contribution in [3.63, 3.8) is 0 Å². The Bertz CT molecular complexity index is 1850. The summed E-state index contributed by atoms with van der Waals surface area (Å²) in [6.45, 7) is 0. The van der Waals surface area contributed by atoms with Crippen LogP contribution in [0.2, 0.25) is 0 Å². The highest BCUT2D eigenvalue weighted by molar-refractivity contribution is 8.00. The molecule has 4 aromatic carbocycles. The molecule has 10 heteroatoms. The van der Waals surface area contributed by atoms with Crippen LogP contribution in [0.15, 0.2) is 138 Å². The lowest BCUT2D eigenvalue weighted by molar-refractivity contribution is -0.116. The van der Waals surface area contributed by atoms with E-state index in [9.17, 15) is 14.4 Å². The summed E-state index contributed by atoms with van der Waals surface area (Å²) in [4.78, 5) is 45.0. The van der Waals surface area contributed by atoms with Crippen LogP contribution in [0.25, 0.3) is 6.08 Å². The van der Waals surface area contributed by atoms with E-state index in [2.05, 4.69) is 20.9 Å². The number of thioether (sulfide) groups is 1. The largest absolute Gasteiger partial charge is 0.497 e. The Balaban J connectivity index is 1.36. The summed E-state index contributed by atoms with van der Waals surface area (Å²) in [7, 11) is 3.06. The quantitative estimate of drug-likeness (QED) is 0.0991. The van der Waals surface area contributed by atoms with Crippen LogP contribution in [0, 0.1) is 0 Å². The fraction of sp³-hybridized carbons (Fsp3) is 0.0811. The lowest BCUT2D eigenvalue weighted by atomic mass is 10.1. The zero-order valence-corrected chi connectivity index (χ0v) is 26.5. The van der Waals surface area contributed by atoms with E-state index in [1.54, 1.807) is 92.2 Å². The minimum atomic E-state index is -0.555. The fourth-order valence-corrected chi connectivity index (χ4v) is 5.54. The van der Waals surface area contributed by atoms with Gasteiger partial charge in [0.1, 0.15) is 28.3 Å².